The van der Waals surface area contributed by atoms with Gasteiger partial charge in [-0.1, -0.05) is 18.7 Å². The molecule has 0 rings (SSSR count). The Balaban J connectivity index is 3.61. The largest absolute Gasteiger partial charge is 0.287 e. The standard InChI is InChI=1S/C9H14F4OS/c1-2-8(14)15-5-3-4-9(12,13)6-7(10)11/h7H,2-6H2,1H3. The van der Waals surface area contributed by atoms with Gasteiger partial charge in [-0.05, 0) is 6.42 Å². The fraction of sp³-hybridized carbons (Fsp3) is 0.889. The lowest BCUT2D eigenvalue weighted by Crippen LogP contribution is -2.20. The number of carbonyl (C=O) groups excluding carboxylic acids is 1. The van der Waals surface area contributed by atoms with Gasteiger partial charge in [-0.25, -0.2) is 17.6 Å². The molecule has 6 heteroatoms. The van der Waals surface area contributed by atoms with Crippen LogP contribution in [0, 0.1) is 0 Å². The van der Waals surface area contributed by atoms with Crippen LogP contribution in [0.4, 0.5) is 17.6 Å². The minimum atomic E-state index is -3.32. The highest BCUT2D eigenvalue weighted by Crippen LogP contribution is 2.28. The van der Waals surface area contributed by atoms with Crippen LogP contribution in [0.1, 0.15) is 32.6 Å². The average molecular weight is 246 g/mol. The van der Waals surface area contributed by atoms with Gasteiger partial charge in [0.2, 0.25) is 6.43 Å². The first-order valence-corrected chi connectivity index (χ1v) is 5.67. The highest BCUT2D eigenvalue weighted by atomic mass is 32.2. The maximum absolute atomic E-state index is 12.7. The number of hydrogen-bond donors (Lipinski definition) is 0. The smallest absolute Gasteiger partial charge is 0.253 e. The Morgan fingerprint density at radius 2 is 2.00 bits per heavy atom. The van der Waals surface area contributed by atoms with Crippen LogP contribution in [0.2, 0.25) is 0 Å². The Bertz CT molecular complexity index is 197. The maximum Gasteiger partial charge on any atom is 0.253 e. The number of halogens is 4. The van der Waals surface area contributed by atoms with E-state index in [1.165, 1.54) is 0 Å². The second-order valence-corrected chi connectivity index (χ2v) is 4.28. The Morgan fingerprint density at radius 1 is 1.40 bits per heavy atom. The van der Waals surface area contributed by atoms with Crippen LogP contribution < -0.4 is 0 Å². The predicted octanol–water partition coefficient (Wildman–Crippen LogP) is 3.73. The van der Waals surface area contributed by atoms with Gasteiger partial charge in [0.1, 0.15) is 0 Å². The number of carbonyl (C=O) groups is 1. The molecule has 0 heterocycles. The monoisotopic (exact) mass is 246 g/mol. The molecule has 0 radical (unpaired) electrons. The lowest BCUT2D eigenvalue weighted by molar-refractivity contribution is -0.110. The molecule has 0 saturated carbocycles. The molecule has 0 unspecified atom stereocenters. The van der Waals surface area contributed by atoms with Gasteiger partial charge in [-0.15, -0.1) is 0 Å². The van der Waals surface area contributed by atoms with Crippen molar-refractivity contribution in [2.45, 2.75) is 45.0 Å². The molecule has 0 aromatic carbocycles. The molecular formula is C9H14F4OS. The zero-order valence-electron chi connectivity index (χ0n) is 8.44. The first-order chi connectivity index (χ1) is 6.87. The Morgan fingerprint density at radius 3 is 2.47 bits per heavy atom. The second kappa shape index (κ2) is 7.09. The molecule has 1 nitrogen and oxygen atoms in total. The van der Waals surface area contributed by atoms with Crippen LogP contribution in [0.5, 0.6) is 0 Å². The molecule has 90 valence electrons. The van der Waals surface area contributed by atoms with Crippen LogP contribution in [-0.2, 0) is 4.79 Å². The van der Waals surface area contributed by atoms with Crippen molar-refractivity contribution in [3.05, 3.63) is 0 Å². The van der Waals surface area contributed by atoms with E-state index in [0.717, 1.165) is 11.8 Å². The van der Waals surface area contributed by atoms with Crippen molar-refractivity contribution < 1.29 is 22.4 Å². The van der Waals surface area contributed by atoms with E-state index in [2.05, 4.69) is 0 Å². The summed E-state index contributed by atoms with van der Waals surface area (Å²) in [5.74, 6) is -3.05. The zero-order valence-corrected chi connectivity index (χ0v) is 9.26. The van der Waals surface area contributed by atoms with Gasteiger partial charge >= 0.3 is 0 Å². The summed E-state index contributed by atoms with van der Waals surface area (Å²) in [6, 6.07) is 0. The molecule has 0 aromatic heterocycles. The first kappa shape index (κ1) is 14.7. The molecule has 0 atom stereocenters. The molecule has 0 saturated heterocycles. The highest BCUT2D eigenvalue weighted by molar-refractivity contribution is 8.13. The van der Waals surface area contributed by atoms with Crippen LogP contribution >= 0.6 is 11.8 Å². The quantitative estimate of drug-likeness (QED) is 0.503. The third-order valence-electron chi connectivity index (χ3n) is 1.69. The van der Waals surface area contributed by atoms with E-state index in [1.807, 2.05) is 0 Å². The summed E-state index contributed by atoms with van der Waals surface area (Å²) in [5, 5.41) is -0.0628. The molecule has 0 aliphatic rings. The van der Waals surface area contributed by atoms with E-state index in [0.29, 0.717) is 6.42 Å². The minimum Gasteiger partial charge on any atom is -0.287 e. The summed E-state index contributed by atoms with van der Waals surface area (Å²) >= 11 is 0.976. The molecular weight excluding hydrogens is 232 g/mol. The van der Waals surface area contributed by atoms with Crippen LogP contribution in [0.3, 0.4) is 0 Å². The predicted molar refractivity (Wildman–Crippen MR) is 52.6 cm³/mol. The van der Waals surface area contributed by atoms with Gasteiger partial charge in [0, 0.05) is 18.6 Å². The molecule has 15 heavy (non-hydrogen) atoms. The van der Waals surface area contributed by atoms with E-state index in [1.54, 1.807) is 6.92 Å². The van der Waals surface area contributed by atoms with Crippen molar-refractivity contribution in [3.63, 3.8) is 0 Å². The molecule has 0 aromatic rings. The minimum absolute atomic E-state index is 0.0628. The van der Waals surface area contributed by atoms with Gasteiger partial charge in [0.15, 0.2) is 5.12 Å². The molecule has 0 amide bonds. The number of hydrogen-bond acceptors (Lipinski definition) is 2. The summed E-state index contributed by atoms with van der Waals surface area (Å²) in [4.78, 5) is 10.8. The van der Waals surface area contributed by atoms with Gasteiger partial charge in [0.05, 0.1) is 6.42 Å². The molecule has 0 N–H and O–H groups in total. The van der Waals surface area contributed by atoms with Crippen molar-refractivity contribution in [3.8, 4) is 0 Å². The van der Waals surface area contributed by atoms with Gasteiger partial charge in [-0.3, -0.25) is 4.79 Å². The lowest BCUT2D eigenvalue weighted by atomic mass is 10.1. The fourth-order valence-corrected chi connectivity index (χ4v) is 1.67. The molecule has 0 spiro atoms. The summed E-state index contributed by atoms with van der Waals surface area (Å²) in [7, 11) is 0. The zero-order chi connectivity index (χ0) is 11.9. The summed E-state index contributed by atoms with van der Waals surface area (Å²) in [6.45, 7) is 1.68. The summed E-state index contributed by atoms with van der Waals surface area (Å²) < 4.78 is 48.8. The van der Waals surface area contributed by atoms with E-state index < -0.39 is 25.2 Å². The van der Waals surface area contributed by atoms with E-state index in [-0.39, 0.29) is 17.3 Å². The lowest BCUT2D eigenvalue weighted by Gasteiger charge is -2.14. The number of thioether (sulfide) groups is 1. The van der Waals surface area contributed by atoms with Crippen molar-refractivity contribution in [1.82, 2.24) is 0 Å². The summed E-state index contributed by atoms with van der Waals surface area (Å²) in [6.07, 6.45) is -4.51. The summed E-state index contributed by atoms with van der Waals surface area (Å²) in [5.41, 5.74) is 0. The van der Waals surface area contributed by atoms with Crippen LogP contribution in [0.15, 0.2) is 0 Å². The first-order valence-electron chi connectivity index (χ1n) is 4.69. The van der Waals surface area contributed by atoms with Crippen LogP contribution in [-0.4, -0.2) is 23.2 Å². The Labute approximate surface area is 90.6 Å². The Kier molecular flexibility index (Phi) is 6.96. The normalized spacial score (nSPS) is 12.1. The molecule has 0 aliphatic heterocycles. The SMILES string of the molecule is CCC(=O)SCCCC(F)(F)CC(F)F. The molecule has 0 fully saturated rings. The number of rotatable bonds is 7. The van der Waals surface area contributed by atoms with Crippen LogP contribution in [0.25, 0.3) is 0 Å². The second-order valence-electron chi connectivity index (χ2n) is 3.13. The highest BCUT2D eigenvalue weighted by Gasteiger charge is 2.32. The van der Waals surface area contributed by atoms with Crippen molar-refractivity contribution >= 4 is 16.9 Å². The molecule has 0 aliphatic carbocycles. The van der Waals surface area contributed by atoms with Crippen molar-refractivity contribution in [1.29, 1.82) is 0 Å². The van der Waals surface area contributed by atoms with E-state index in [9.17, 15) is 22.4 Å². The third-order valence-corrected chi connectivity index (χ3v) is 2.79. The van der Waals surface area contributed by atoms with E-state index >= 15 is 0 Å². The number of alkyl halides is 4. The third kappa shape index (κ3) is 8.72. The molecule has 0 bridgehead atoms. The van der Waals surface area contributed by atoms with Gasteiger partial charge in [0.25, 0.3) is 5.92 Å². The maximum atomic E-state index is 12.7. The van der Waals surface area contributed by atoms with Gasteiger partial charge in [-0.2, -0.15) is 0 Å². The fourth-order valence-electron chi connectivity index (χ4n) is 0.947. The van der Waals surface area contributed by atoms with Gasteiger partial charge < -0.3 is 0 Å². The Hall–Kier alpha value is -0.260. The average Bonchev–Trinajstić information content (AvgIpc) is 2.10. The topological polar surface area (TPSA) is 17.1 Å². The van der Waals surface area contributed by atoms with E-state index in [4.69, 9.17) is 0 Å². The van der Waals surface area contributed by atoms with Crippen molar-refractivity contribution in [2.24, 2.45) is 0 Å². The van der Waals surface area contributed by atoms with Crippen molar-refractivity contribution in [2.75, 3.05) is 5.75 Å².